The van der Waals surface area contributed by atoms with E-state index in [1.54, 1.807) is 4.90 Å². The lowest BCUT2D eigenvalue weighted by molar-refractivity contribution is -0.135. The normalized spacial score (nSPS) is 15.4. The SMILES string of the molecule is CC(N)CCN(C)C(=O)C(C)C(C)C. The van der Waals surface area contributed by atoms with Gasteiger partial charge in [0, 0.05) is 25.6 Å². The molecule has 0 aromatic carbocycles. The summed E-state index contributed by atoms with van der Waals surface area (Å²) in [6, 6.07) is 0.166. The molecule has 0 aromatic rings. The van der Waals surface area contributed by atoms with Crippen molar-refractivity contribution in [3.05, 3.63) is 0 Å². The zero-order chi connectivity index (χ0) is 11.3. The van der Waals surface area contributed by atoms with Crippen molar-refractivity contribution in [1.82, 2.24) is 4.90 Å². The fraction of sp³-hybridized carbons (Fsp3) is 0.909. The maximum absolute atomic E-state index is 11.8. The van der Waals surface area contributed by atoms with Crippen molar-refractivity contribution < 1.29 is 4.79 Å². The molecule has 0 bridgehead atoms. The van der Waals surface area contributed by atoms with E-state index < -0.39 is 0 Å². The van der Waals surface area contributed by atoms with Crippen molar-refractivity contribution in [3.8, 4) is 0 Å². The van der Waals surface area contributed by atoms with Crippen molar-refractivity contribution in [3.63, 3.8) is 0 Å². The predicted molar refractivity (Wildman–Crippen MR) is 59.9 cm³/mol. The van der Waals surface area contributed by atoms with Crippen molar-refractivity contribution in [2.45, 2.75) is 40.2 Å². The van der Waals surface area contributed by atoms with Crippen LogP contribution in [0.25, 0.3) is 0 Å². The van der Waals surface area contributed by atoms with E-state index in [4.69, 9.17) is 5.73 Å². The minimum atomic E-state index is 0.105. The standard InChI is InChI=1S/C11H24N2O/c1-8(2)10(4)11(14)13(5)7-6-9(3)12/h8-10H,6-7,12H2,1-5H3. The zero-order valence-electron chi connectivity index (χ0n) is 10.1. The van der Waals surface area contributed by atoms with Gasteiger partial charge in [0.25, 0.3) is 0 Å². The van der Waals surface area contributed by atoms with Gasteiger partial charge in [0.15, 0.2) is 0 Å². The number of amides is 1. The van der Waals surface area contributed by atoms with E-state index in [-0.39, 0.29) is 17.9 Å². The van der Waals surface area contributed by atoms with Crippen LogP contribution in [0.1, 0.15) is 34.1 Å². The molecule has 2 unspecified atom stereocenters. The van der Waals surface area contributed by atoms with Crippen LogP contribution in [0.15, 0.2) is 0 Å². The highest BCUT2D eigenvalue weighted by Gasteiger charge is 2.20. The van der Waals surface area contributed by atoms with Crippen LogP contribution in [-0.2, 0) is 4.79 Å². The third kappa shape index (κ3) is 4.61. The first kappa shape index (κ1) is 13.4. The number of rotatable bonds is 5. The first-order valence-electron chi connectivity index (χ1n) is 5.36. The largest absolute Gasteiger partial charge is 0.345 e. The van der Waals surface area contributed by atoms with Gasteiger partial charge in [-0.1, -0.05) is 20.8 Å². The molecule has 0 heterocycles. The van der Waals surface area contributed by atoms with Crippen LogP contribution in [0.2, 0.25) is 0 Å². The predicted octanol–water partition coefficient (Wildman–Crippen LogP) is 1.47. The highest BCUT2D eigenvalue weighted by Crippen LogP contribution is 2.12. The Labute approximate surface area is 87.6 Å². The molecule has 3 nitrogen and oxygen atoms in total. The average Bonchev–Trinajstić information content (AvgIpc) is 2.11. The van der Waals surface area contributed by atoms with E-state index in [0.717, 1.165) is 13.0 Å². The van der Waals surface area contributed by atoms with E-state index in [9.17, 15) is 4.79 Å². The molecule has 3 heteroatoms. The Morgan fingerprint density at radius 2 is 1.79 bits per heavy atom. The van der Waals surface area contributed by atoms with Crippen LogP contribution in [-0.4, -0.2) is 30.4 Å². The van der Waals surface area contributed by atoms with E-state index in [1.165, 1.54) is 0 Å². The second-order valence-electron chi connectivity index (χ2n) is 4.56. The average molecular weight is 200 g/mol. The molecular weight excluding hydrogens is 176 g/mol. The van der Waals surface area contributed by atoms with Crippen LogP contribution in [0.3, 0.4) is 0 Å². The molecule has 0 aliphatic heterocycles. The van der Waals surface area contributed by atoms with Crippen LogP contribution in [0.4, 0.5) is 0 Å². The van der Waals surface area contributed by atoms with Crippen LogP contribution >= 0.6 is 0 Å². The molecule has 0 saturated carbocycles. The van der Waals surface area contributed by atoms with E-state index in [1.807, 2.05) is 20.9 Å². The Morgan fingerprint density at radius 3 is 2.14 bits per heavy atom. The molecule has 2 N–H and O–H groups in total. The zero-order valence-corrected chi connectivity index (χ0v) is 10.1. The van der Waals surface area contributed by atoms with Gasteiger partial charge in [0.05, 0.1) is 0 Å². The Kier molecular flexibility index (Phi) is 5.77. The van der Waals surface area contributed by atoms with Gasteiger partial charge in [0.2, 0.25) is 5.91 Å². The topological polar surface area (TPSA) is 46.3 Å². The minimum absolute atomic E-state index is 0.105. The van der Waals surface area contributed by atoms with Crippen molar-refractivity contribution in [1.29, 1.82) is 0 Å². The first-order valence-corrected chi connectivity index (χ1v) is 5.36. The number of carbonyl (C=O) groups excluding carboxylic acids is 1. The molecule has 0 spiro atoms. The van der Waals surface area contributed by atoms with Gasteiger partial charge in [-0.3, -0.25) is 4.79 Å². The molecule has 0 aliphatic carbocycles. The summed E-state index contributed by atoms with van der Waals surface area (Å²) >= 11 is 0. The lowest BCUT2D eigenvalue weighted by Gasteiger charge is -2.24. The van der Waals surface area contributed by atoms with Crippen molar-refractivity contribution in [2.75, 3.05) is 13.6 Å². The molecule has 1 amide bonds. The molecule has 0 saturated heterocycles. The monoisotopic (exact) mass is 200 g/mol. The molecule has 84 valence electrons. The third-order valence-electron chi connectivity index (χ3n) is 2.69. The summed E-state index contributed by atoms with van der Waals surface area (Å²) in [7, 11) is 1.85. The highest BCUT2D eigenvalue weighted by atomic mass is 16.2. The Balaban J connectivity index is 3.99. The third-order valence-corrected chi connectivity index (χ3v) is 2.69. The Morgan fingerprint density at radius 1 is 1.29 bits per heavy atom. The lowest BCUT2D eigenvalue weighted by atomic mass is 9.97. The summed E-state index contributed by atoms with van der Waals surface area (Å²) in [6.45, 7) is 8.84. The first-order chi connectivity index (χ1) is 6.36. The second-order valence-corrected chi connectivity index (χ2v) is 4.56. The molecule has 2 atom stereocenters. The maximum atomic E-state index is 11.8. The molecule has 0 rings (SSSR count). The number of nitrogens with zero attached hydrogens (tertiary/aromatic N) is 1. The smallest absolute Gasteiger partial charge is 0.225 e. The summed E-state index contributed by atoms with van der Waals surface area (Å²) in [5.74, 6) is 0.731. The second kappa shape index (κ2) is 6.02. The van der Waals surface area contributed by atoms with Gasteiger partial charge >= 0.3 is 0 Å². The van der Waals surface area contributed by atoms with Crippen LogP contribution in [0.5, 0.6) is 0 Å². The summed E-state index contributed by atoms with van der Waals surface area (Å²) in [5.41, 5.74) is 5.64. The van der Waals surface area contributed by atoms with Crippen LogP contribution in [0, 0.1) is 11.8 Å². The van der Waals surface area contributed by atoms with Gasteiger partial charge in [-0.15, -0.1) is 0 Å². The van der Waals surface area contributed by atoms with Gasteiger partial charge in [-0.25, -0.2) is 0 Å². The minimum Gasteiger partial charge on any atom is -0.345 e. The van der Waals surface area contributed by atoms with Gasteiger partial charge in [0.1, 0.15) is 0 Å². The van der Waals surface area contributed by atoms with E-state index >= 15 is 0 Å². The molecule has 0 aliphatic rings. The summed E-state index contributed by atoms with van der Waals surface area (Å²) in [6.07, 6.45) is 0.868. The molecule has 0 radical (unpaired) electrons. The summed E-state index contributed by atoms with van der Waals surface area (Å²) in [4.78, 5) is 13.6. The Hall–Kier alpha value is -0.570. The molecule has 14 heavy (non-hydrogen) atoms. The molecular formula is C11H24N2O. The van der Waals surface area contributed by atoms with Gasteiger partial charge in [-0.05, 0) is 19.3 Å². The summed E-state index contributed by atoms with van der Waals surface area (Å²) < 4.78 is 0. The molecule has 0 aromatic heterocycles. The fourth-order valence-corrected chi connectivity index (χ4v) is 1.14. The number of hydrogen-bond donors (Lipinski definition) is 1. The van der Waals surface area contributed by atoms with Crippen molar-refractivity contribution >= 4 is 5.91 Å². The highest BCUT2D eigenvalue weighted by molar-refractivity contribution is 5.78. The van der Waals surface area contributed by atoms with E-state index in [0.29, 0.717) is 5.92 Å². The lowest BCUT2D eigenvalue weighted by Crippen LogP contribution is -2.36. The Bertz CT molecular complexity index is 178. The number of hydrogen-bond acceptors (Lipinski definition) is 2. The van der Waals surface area contributed by atoms with Gasteiger partial charge in [-0.2, -0.15) is 0 Å². The summed E-state index contributed by atoms with van der Waals surface area (Å²) in [5, 5.41) is 0. The van der Waals surface area contributed by atoms with E-state index in [2.05, 4.69) is 13.8 Å². The van der Waals surface area contributed by atoms with Crippen molar-refractivity contribution in [2.24, 2.45) is 17.6 Å². The molecule has 0 fully saturated rings. The maximum Gasteiger partial charge on any atom is 0.225 e. The van der Waals surface area contributed by atoms with Gasteiger partial charge < -0.3 is 10.6 Å². The number of carbonyl (C=O) groups is 1. The quantitative estimate of drug-likeness (QED) is 0.730. The fourth-order valence-electron chi connectivity index (χ4n) is 1.14. The van der Waals surface area contributed by atoms with Crippen LogP contribution < -0.4 is 5.73 Å². The number of nitrogens with two attached hydrogens (primary N) is 1.